The Balaban J connectivity index is 1.71. The Bertz CT molecular complexity index is 464. The number of rotatable bonds is 7. The van der Waals surface area contributed by atoms with Crippen LogP contribution in [0.15, 0.2) is 24.3 Å². The molecule has 1 saturated heterocycles. The minimum atomic E-state index is -0.0320. The van der Waals surface area contributed by atoms with Crippen molar-refractivity contribution < 1.29 is 9.59 Å². The van der Waals surface area contributed by atoms with Crippen molar-refractivity contribution >= 4 is 11.7 Å². The van der Waals surface area contributed by atoms with Gasteiger partial charge in [-0.25, -0.2) is 0 Å². The van der Waals surface area contributed by atoms with Gasteiger partial charge in [0.25, 0.3) is 0 Å². The average Bonchev–Trinajstić information content (AvgIpc) is 2.43. The van der Waals surface area contributed by atoms with Gasteiger partial charge in [0.05, 0.1) is 0 Å². The lowest BCUT2D eigenvalue weighted by atomic mass is 10.0. The number of aryl methyl sites for hydroxylation is 1. The highest BCUT2D eigenvalue weighted by Crippen LogP contribution is 2.09. The number of ketones is 1. The fraction of sp³-hybridized carbons (Fsp3) is 0.500. The van der Waals surface area contributed by atoms with Gasteiger partial charge >= 0.3 is 0 Å². The molecule has 1 aliphatic heterocycles. The second kappa shape index (κ2) is 7.20. The van der Waals surface area contributed by atoms with Crippen molar-refractivity contribution in [2.75, 3.05) is 19.6 Å². The summed E-state index contributed by atoms with van der Waals surface area (Å²) in [5, 5.41) is 6.04. The van der Waals surface area contributed by atoms with Gasteiger partial charge in [-0.05, 0) is 12.0 Å². The van der Waals surface area contributed by atoms with E-state index in [0.29, 0.717) is 18.0 Å². The summed E-state index contributed by atoms with van der Waals surface area (Å²) in [5.74, 6) is 0.555. The van der Waals surface area contributed by atoms with E-state index in [1.165, 1.54) is 5.56 Å². The predicted octanol–water partition coefficient (Wildman–Crippen LogP) is 1.55. The second-order valence-corrected chi connectivity index (χ2v) is 5.30. The van der Waals surface area contributed by atoms with E-state index in [1.807, 2.05) is 24.3 Å². The molecule has 1 aliphatic rings. The molecule has 0 unspecified atom stereocenters. The van der Waals surface area contributed by atoms with Crippen molar-refractivity contribution in [3.05, 3.63) is 35.4 Å². The van der Waals surface area contributed by atoms with Crippen LogP contribution in [-0.2, 0) is 11.2 Å². The van der Waals surface area contributed by atoms with E-state index in [2.05, 4.69) is 17.6 Å². The summed E-state index contributed by atoms with van der Waals surface area (Å²) in [5.41, 5.74) is 1.91. The van der Waals surface area contributed by atoms with Crippen molar-refractivity contribution in [3.8, 4) is 0 Å². The van der Waals surface area contributed by atoms with Gasteiger partial charge in [0.15, 0.2) is 5.78 Å². The minimum absolute atomic E-state index is 0.0320. The van der Waals surface area contributed by atoms with Crippen molar-refractivity contribution in [3.63, 3.8) is 0 Å². The number of Topliss-reactive ketones (excluding diaryl/α,β-unsaturated/α-hetero) is 1. The first-order valence-corrected chi connectivity index (χ1v) is 7.28. The normalized spacial score (nSPS) is 14.7. The topological polar surface area (TPSA) is 58.2 Å². The Kier molecular flexibility index (Phi) is 5.30. The summed E-state index contributed by atoms with van der Waals surface area (Å²) in [6, 6.07) is 7.63. The first-order valence-electron chi connectivity index (χ1n) is 7.28. The molecule has 20 heavy (non-hydrogen) atoms. The average molecular weight is 274 g/mol. The van der Waals surface area contributed by atoms with Gasteiger partial charge < -0.3 is 10.6 Å². The molecular formula is C16H22N2O2. The largest absolute Gasteiger partial charge is 0.356 e. The zero-order chi connectivity index (χ0) is 14.4. The van der Waals surface area contributed by atoms with Crippen molar-refractivity contribution in [1.82, 2.24) is 10.6 Å². The quantitative estimate of drug-likeness (QED) is 0.742. The smallest absolute Gasteiger partial charge is 0.220 e. The predicted molar refractivity (Wildman–Crippen MR) is 78.8 cm³/mol. The number of carbonyl (C=O) groups excluding carboxylic acids is 2. The molecule has 108 valence electrons. The van der Waals surface area contributed by atoms with Crippen molar-refractivity contribution in [2.45, 2.75) is 26.2 Å². The molecule has 0 radical (unpaired) electrons. The fourth-order valence-corrected chi connectivity index (χ4v) is 2.14. The van der Waals surface area contributed by atoms with E-state index in [9.17, 15) is 9.59 Å². The maximum Gasteiger partial charge on any atom is 0.220 e. The molecular weight excluding hydrogens is 252 g/mol. The van der Waals surface area contributed by atoms with Crippen LogP contribution < -0.4 is 10.6 Å². The molecule has 0 atom stereocenters. The lowest BCUT2D eigenvalue weighted by molar-refractivity contribution is -0.121. The Morgan fingerprint density at radius 3 is 2.45 bits per heavy atom. The number of hydrogen-bond acceptors (Lipinski definition) is 3. The van der Waals surface area contributed by atoms with E-state index >= 15 is 0 Å². The minimum Gasteiger partial charge on any atom is -0.356 e. The van der Waals surface area contributed by atoms with Crippen LogP contribution in [0.3, 0.4) is 0 Å². The highest BCUT2D eigenvalue weighted by atomic mass is 16.2. The number of nitrogens with one attached hydrogen (secondary N) is 2. The molecule has 2 rings (SSSR count). The SMILES string of the molecule is CCc1ccc(C(=O)CCC(=O)NCC2CNC2)cc1. The zero-order valence-electron chi connectivity index (χ0n) is 11.9. The summed E-state index contributed by atoms with van der Waals surface area (Å²) < 4.78 is 0. The Morgan fingerprint density at radius 1 is 1.20 bits per heavy atom. The molecule has 0 aliphatic carbocycles. The van der Waals surface area contributed by atoms with Crippen LogP contribution in [0.4, 0.5) is 0 Å². The number of benzene rings is 1. The van der Waals surface area contributed by atoms with E-state index < -0.39 is 0 Å². The van der Waals surface area contributed by atoms with Gasteiger partial charge in [-0.1, -0.05) is 31.2 Å². The van der Waals surface area contributed by atoms with Gasteiger partial charge in [0.1, 0.15) is 0 Å². The van der Waals surface area contributed by atoms with Crippen LogP contribution in [0.5, 0.6) is 0 Å². The summed E-state index contributed by atoms with van der Waals surface area (Å²) in [4.78, 5) is 23.6. The summed E-state index contributed by atoms with van der Waals surface area (Å²) in [6.07, 6.45) is 1.52. The van der Waals surface area contributed by atoms with Crippen LogP contribution in [0.25, 0.3) is 0 Å². The lowest BCUT2D eigenvalue weighted by Crippen LogP contribution is -2.48. The maximum absolute atomic E-state index is 12.0. The van der Waals surface area contributed by atoms with Crippen LogP contribution >= 0.6 is 0 Å². The van der Waals surface area contributed by atoms with Gasteiger partial charge in [-0.2, -0.15) is 0 Å². The van der Waals surface area contributed by atoms with Crippen LogP contribution in [0.2, 0.25) is 0 Å². The second-order valence-electron chi connectivity index (χ2n) is 5.30. The third kappa shape index (κ3) is 4.17. The third-order valence-corrected chi connectivity index (χ3v) is 3.72. The van der Waals surface area contributed by atoms with Gasteiger partial charge in [-0.15, -0.1) is 0 Å². The van der Waals surface area contributed by atoms with Crippen molar-refractivity contribution in [2.24, 2.45) is 5.92 Å². The highest BCUT2D eigenvalue weighted by molar-refractivity contribution is 5.97. The third-order valence-electron chi connectivity index (χ3n) is 3.72. The van der Waals surface area contributed by atoms with Crippen LogP contribution in [0, 0.1) is 5.92 Å². The van der Waals surface area contributed by atoms with Crippen LogP contribution in [-0.4, -0.2) is 31.3 Å². The number of amides is 1. The Hall–Kier alpha value is -1.68. The molecule has 4 nitrogen and oxygen atoms in total. The van der Waals surface area contributed by atoms with Gasteiger partial charge in [0.2, 0.25) is 5.91 Å². The van der Waals surface area contributed by atoms with Crippen molar-refractivity contribution in [1.29, 1.82) is 0 Å². The summed E-state index contributed by atoms with van der Waals surface area (Å²) in [6.45, 7) is 4.75. The number of hydrogen-bond donors (Lipinski definition) is 2. The standard InChI is InChI=1S/C16H22N2O2/c1-2-12-3-5-14(6-4-12)15(19)7-8-16(20)18-11-13-9-17-10-13/h3-6,13,17H,2,7-11H2,1H3,(H,18,20). The Morgan fingerprint density at radius 2 is 1.90 bits per heavy atom. The Labute approximate surface area is 119 Å². The van der Waals surface area contributed by atoms with E-state index in [1.54, 1.807) is 0 Å². The fourth-order valence-electron chi connectivity index (χ4n) is 2.14. The molecule has 1 aromatic carbocycles. The van der Waals surface area contributed by atoms with Gasteiger partial charge in [0, 0.05) is 44.0 Å². The van der Waals surface area contributed by atoms with Gasteiger partial charge in [-0.3, -0.25) is 9.59 Å². The number of carbonyl (C=O) groups is 2. The van der Waals surface area contributed by atoms with E-state index in [4.69, 9.17) is 0 Å². The lowest BCUT2D eigenvalue weighted by Gasteiger charge is -2.27. The van der Waals surface area contributed by atoms with E-state index in [-0.39, 0.29) is 24.5 Å². The summed E-state index contributed by atoms with van der Waals surface area (Å²) in [7, 11) is 0. The first kappa shape index (κ1) is 14.7. The maximum atomic E-state index is 12.0. The molecule has 0 spiro atoms. The molecule has 2 N–H and O–H groups in total. The molecule has 1 heterocycles. The molecule has 0 saturated carbocycles. The van der Waals surface area contributed by atoms with E-state index in [0.717, 1.165) is 19.5 Å². The van der Waals surface area contributed by atoms with Crippen LogP contribution in [0.1, 0.15) is 35.7 Å². The molecule has 1 aromatic rings. The monoisotopic (exact) mass is 274 g/mol. The molecule has 0 bridgehead atoms. The first-order chi connectivity index (χ1) is 9.69. The summed E-state index contributed by atoms with van der Waals surface area (Å²) >= 11 is 0. The molecule has 4 heteroatoms. The molecule has 1 fully saturated rings. The highest BCUT2D eigenvalue weighted by Gasteiger charge is 2.17. The molecule has 0 aromatic heterocycles. The zero-order valence-corrected chi connectivity index (χ0v) is 11.9. The molecule has 1 amide bonds.